The number of ether oxygens (including phenoxy) is 2. The zero-order valence-electron chi connectivity index (χ0n) is 12.9. The molecule has 0 aliphatic carbocycles. The molecule has 1 amide bonds. The molecule has 8 nitrogen and oxygen atoms in total. The molecule has 0 saturated heterocycles. The van der Waals surface area contributed by atoms with Gasteiger partial charge in [-0.3, -0.25) is 9.59 Å². The van der Waals surface area contributed by atoms with E-state index < -0.39 is 36.4 Å². The van der Waals surface area contributed by atoms with Crippen LogP contribution in [0.5, 0.6) is 5.75 Å². The fraction of sp³-hybridized carbons (Fsp3) is 0.400. The SMILES string of the molecule is COC(=O)C(Cc1ccccc1OC)NC(=O)[C@@H](N)CC(=O)O. The van der Waals surface area contributed by atoms with Crippen LogP contribution in [-0.4, -0.2) is 49.3 Å². The van der Waals surface area contributed by atoms with Crippen LogP contribution in [0.4, 0.5) is 0 Å². The van der Waals surface area contributed by atoms with E-state index in [1.807, 2.05) is 0 Å². The van der Waals surface area contributed by atoms with Crippen molar-refractivity contribution in [2.45, 2.75) is 24.9 Å². The standard InChI is InChI=1S/C15H20N2O6/c1-22-12-6-4-3-5-9(12)7-11(15(21)23-2)17-14(20)10(16)8-13(18)19/h3-6,10-11H,7-8,16H2,1-2H3,(H,17,20)(H,18,19)/t10-,11?/m0/s1. The number of methoxy groups -OCH3 is 2. The molecule has 1 unspecified atom stereocenters. The van der Waals surface area contributed by atoms with Crippen LogP contribution in [0.15, 0.2) is 24.3 Å². The quantitative estimate of drug-likeness (QED) is 0.560. The van der Waals surface area contributed by atoms with Crippen molar-refractivity contribution in [1.82, 2.24) is 5.32 Å². The molecule has 23 heavy (non-hydrogen) atoms. The zero-order valence-corrected chi connectivity index (χ0v) is 12.9. The van der Waals surface area contributed by atoms with Gasteiger partial charge in [0, 0.05) is 6.42 Å². The summed E-state index contributed by atoms with van der Waals surface area (Å²) in [5.41, 5.74) is 6.18. The first kappa shape index (κ1) is 18.4. The maximum absolute atomic E-state index is 11.9. The van der Waals surface area contributed by atoms with Crippen LogP contribution >= 0.6 is 0 Å². The van der Waals surface area contributed by atoms with Crippen molar-refractivity contribution < 1.29 is 29.0 Å². The highest BCUT2D eigenvalue weighted by molar-refractivity contribution is 5.89. The summed E-state index contributed by atoms with van der Waals surface area (Å²) in [5.74, 6) is -2.04. The molecule has 0 radical (unpaired) electrons. The molecule has 0 bridgehead atoms. The van der Waals surface area contributed by atoms with Crippen molar-refractivity contribution in [3.05, 3.63) is 29.8 Å². The number of benzene rings is 1. The number of carboxylic acid groups (broad SMARTS) is 1. The lowest BCUT2D eigenvalue weighted by Gasteiger charge is -2.19. The second-order valence-corrected chi connectivity index (χ2v) is 4.80. The van der Waals surface area contributed by atoms with E-state index in [0.717, 1.165) is 0 Å². The van der Waals surface area contributed by atoms with Crippen molar-refractivity contribution in [1.29, 1.82) is 0 Å². The van der Waals surface area contributed by atoms with E-state index in [4.69, 9.17) is 15.6 Å². The summed E-state index contributed by atoms with van der Waals surface area (Å²) in [6.45, 7) is 0. The van der Waals surface area contributed by atoms with Crippen LogP contribution in [0.2, 0.25) is 0 Å². The van der Waals surface area contributed by atoms with Crippen molar-refractivity contribution >= 4 is 17.8 Å². The summed E-state index contributed by atoms with van der Waals surface area (Å²) in [7, 11) is 2.69. The van der Waals surface area contributed by atoms with Crippen LogP contribution in [0.25, 0.3) is 0 Å². The second kappa shape index (κ2) is 8.74. The first-order valence-corrected chi connectivity index (χ1v) is 6.86. The zero-order chi connectivity index (χ0) is 17.4. The summed E-state index contributed by atoms with van der Waals surface area (Å²) >= 11 is 0. The van der Waals surface area contributed by atoms with Crippen LogP contribution < -0.4 is 15.8 Å². The maximum atomic E-state index is 11.9. The summed E-state index contributed by atoms with van der Waals surface area (Å²) < 4.78 is 9.87. The number of carbonyl (C=O) groups excluding carboxylic acids is 2. The van der Waals surface area contributed by atoms with Crippen molar-refractivity contribution in [3.63, 3.8) is 0 Å². The highest BCUT2D eigenvalue weighted by atomic mass is 16.5. The monoisotopic (exact) mass is 324 g/mol. The van der Waals surface area contributed by atoms with E-state index in [0.29, 0.717) is 11.3 Å². The minimum Gasteiger partial charge on any atom is -0.496 e. The van der Waals surface area contributed by atoms with Gasteiger partial charge >= 0.3 is 11.9 Å². The topological polar surface area (TPSA) is 128 Å². The smallest absolute Gasteiger partial charge is 0.328 e. The molecule has 8 heteroatoms. The lowest BCUT2D eigenvalue weighted by Crippen LogP contribution is -2.50. The van der Waals surface area contributed by atoms with Crippen LogP contribution in [0, 0.1) is 0 Å². The Kier molecular flexibility index (Phi) is 7.01. The third-order valence-electron chi connectivity index (χ3n) is 3.15. The predicted octanol–water partition coefficient (Wildman–Crippen LogP) is -0.302. The molecular weight excluding hydrogens is 304 g/mol. The summed E-state index contributed by atoms with van der Waals surface area (Å²) in [6.07, 6.45) is -0.406. The summed E-state index contributed by atoms with van der Waals surface area (Å²) in [5, 5.41) is 11.1. The van der Waals surface area contributed by atoms with Gasteiger partial charge < -0.3 is 25.6 Å². The number of nitrogens with one attached hydrogen (secondary N) is 1. The summed E-state index contributed by atoms with van der Waals surface area (Å²) in [4.78, 5) is 34.4. The summed E-state index contributed by atoms with van der Waals surface area (Å²) in [6, 6.07) is 4.77. The molecular formula is C15H20N2O6. The Hall–Kier alpha value is -2.61. The van der Waals surface area contributed by atoms with Crippen molar-refractivity contribution in [2.75, 3.05) is 14.2 Å². The fourth-order valence-electron chi connectivity index (χ4n) is 1.99. The number of carbonyl (C=O) groups is 3. The number of carboxylic acids is 1. The van der Waals surface area contributed by atoms with Gasteiger partial charge in [-0.1, -0.05) is 18.2 Å². The Balaban J connectivity index is 2.87. The first-order valence-electron chi connectivity index (χ1n) is 6.86. The lowest BCUT2D eigenvalue weighted by atomic mass is 10.0. The molecule has 126 valence electrons. The van der Waals surface area contributed by atoms with Crippen LogP contribution in [-0.2, 0) is 25.5 Å². The van der Waals surface area contributed by atoms with Gasteiger partial charge in [0.1, 0.15) is 11.8 Å². The Morgan fingerprint density at radius 3 is 2.48 bits per heavy atom. The van der Waals surface area contributed by atoms with E-state index in [1.165, 1.54) is 14.2 Å². The Morgan fingerprint density at radius 1 is 1.26 bits per heavy atom. The number of esters is 1. The van der Waals surface area contributed by atoms with Gasteiger partial charge in [-0.15, -0.1) is 0 Å². The molecule has 0 fully saturated rings. The number of hydrogen-bond acceptors (Lipinski definition) is 6. The van der Waals surface area contributed by atoms with Gasteiger partial charge in [-0.2, -0.15) is 0 Å². The van der Waals surface area contributed by atoms with E-state index in [9.17, 15) is 14.4 Å². The van der Waals surface area contributed by atoms with E-state index in [1.54, 1.807) is 24.3 Å². The van der Waals surface area contributed by atoms with Gasteiger partial charge in [-0.05, 0) is 11.6 Å². The largest absolute Gasteiger partial charge is 0.496 e. The average molecular weight is 324 g/mol. The molecule has 0 saturated carbocycles. The van der Waals surface area contributed by atoms with E-state index in [-0.39, 0.29) is 6.42 Å². The lowest BCUT2D eigenvalue weighted by molar-refractivity contribution is -0.145. The van der Waals surface area contributed by atoms with Gasteiger partial charge in [-0.25, -0.2) is 4.79 Å². The van der Waals surface area contributed by atoms with Gasteiger partial charge in [0.2, 0.25) is 5.91 Å². The third-order valence-corrected chi connectivity index (χ3v) is 3.15. The van der Waals surface area contributed by atoms with Crippen molar-refractivity contribution in [3.8, 4) is 5.75 Å². The predicted molar refractivity (Wildman–Crippen MR) is 80.9 cm³/mol. The second-order valence-electron chi connectivity index (χ2n) is 4.80. The third kappa shape index (κ3) is 5.59. The Bertz CT molecular complexity index is 575. The molecule has 4 N–H and O–H groups in total. The Morgan fingerprint density at radius 2 is 1.91 bits per heavy atom. The minimum atomic E-state index is -1.25. The van der Waals surface area contributed by atoms with Crippen molar-refractivity contribution in [2.24, 2.45) is 5.73 Å². The highest BCUT2D eigenvalue weighted by Crippen LogP contribution is 2.19. The molecule has 2 atom stereocenters. The molecule has 0 aliphatic rings. The van der Waals surface area contributed by atoms with E-state index in [2.05, 4.69) is 10.1 Å². The molecule has 1 aromatic carbocycles. The van der Waals surface area contributed by atoms with Gasteiger partial charge in [0.25, 0.3) is 0 Å². The van der Waals surface area contributed by atoms with Gasteiger partial charge in [0.05, 0.1) is 26.7 Å². The number of para-hydroxylation sites is 1. The number of nitrogens with two attached hydrogens (primary N) is 1. The number of amides is 1. The average Bonchev–Trinajstić information content (AvgIpc) is 2.53. The first-order chi connectivity index (χ1) is 10.9. The van der Waals surface area contributed by atoms with Crippen LogP contribution in [0.3, 0.4) is 0 Å². The molecule has 0 spiro atoms. The molecule has 0 heterocycles. The van der Waals surface area contributed by atoms with Gasteiger partial charge in [0.15, 0.2) is 0 Å². The minimum absolute atomic E-state index is 0.127. The van der Waals surface area contributed by atoms with Crippen LogP contribution in [0.1, 0.15) is 12.0 Å². The fourth-order valence-corrected chi connectivity index (χ4v) is 1.99. The molecule has 0 aromatic heterocycles. The number of rotatable bonds is 8. The normalized spacial score (nSPS) is 12.8. The Labute approximate surface area is 133 Å². The maximum Gasteiger partial charge on any atom is 0.328 e. The van der Waals surface area contributed by atoms with E-state index >= 15 is 0 Å². The highest BCUT2D eigenvalue weighted by Gasteiger charge is 2.26. The molecule has 0 aliphatic heterocycles. The molecule has 1 rings (SSSR count). The molecule has 1 aromatic rings. The number of hydrogen-bond donors (Lipinski definition) is 3. The number of aliphatic carboxylic acids is 1.